The lowest BCUT2D eigenvalue weighted by atomic mass is 10.2. The van der Waals surface area contributed by atoms with Crippen molar-refractivity contribution in [3.63, 3.8) is 0 Å². The van der Waals surface area contributed by atoms with E-state index in [2.05, 4.69) is 4.98 Å². The number of aliphatic hydroxyl groups excluding tert-OH is 1. The van der Waals surface area contributed by atoms with Gasteiger partial charge in [0.1, 0.15) is 5.82 Å². The molecule has 2 aromatic rings. The number of nitrogens with zero attached hydrogens (tertiary/aromatic N) is 2. The molecular weight excluding hydrogens is 290 g/mol. The van der Waals surface area contributed by atoms with Crippen LogP contribution in [0.1, 0.15) is 13.3 Å². The number of rotatable bonds is 6. The van der Waals surface area contributed by atoms with Crippen molar-refractivity contribution >= 4 is 26.7 Å². The predicted molar refractivity (Wildman–Crippen MR) is 82.3 cm³/mol. The van der Waals surface area contributed by atoms with Gasteiger partial charge in [0.15, 0.2) is 0 Å². The highest BCUT2D eigenvalue weighted by atomic mass is 32.2. The number of fused-ring (bicyclic) bond motifs is 1. The lowest BCUT2D eigenvalue weighted by Crippen LogP contribution is -2.34. The zero-order valence-corrected chi connectivity index (χ0v) is 12.7. The van der Waals surface area contributed by atoms with Gasteiger partial charge >= 0.3 is 0 Å². The Bertz CT molecular complexity index is 725. The van der Waals surface area contributed by atoms with E-state index in [1.54, 1.807) is 24.3 Å². The van der Waals surface area contributed by atoms with Crippen molar-refractivity contribution in [2.45, 2.75) is 18.2 Å². The first-order valence-electron chi connectivity index (χ1n) is 6.76. The van der Waals surface area contributed by atoms with Crippen molar-refractivity contribution in [1.82, 2.24) is 9.29 Å². The molecule has 21 heavy (non-hydrogen) atoms. The molecule has 1 aromatic carbocycles. The van der Waals surface area contributed by atoms with E-state index in [-0.39, 0.29) is 18.0 Å². The number of benzene rings is 1. The number of aliphatic hydroxyl groups is 1. The molecule has 114 valence electrons. The molecule has 0 aliphatic rings. The molecule has 3 N–H and O–H groups in total. The van der Waals surface area contributed by atoms with E-state index in [1.807, 2.05) is 6.92 Å². The zero-order valence-electron chi connectivity index (χ0n) is 11.9. The topological polar surface area (TPSA) is 96.5 Å². The van der Waals surface area contributed by atoms with Gasteiger partial charge in [-0.3, -0.25) is 0 Å². The Morgan fingerprint density at radius 2 is 2.00 bits per heavy atom. The maximum atomic E-state index is 12.6. The molecule has 0 atom stereocenters. The predicted octanol–water partition coefficient (Wildman–Crippen LogP) is 1.21. The van der Waals surface area contributed by atoms with E-state index >= 15 is 0 Å². The maximum Gasteiger partial charge on any atom is 0.243 e. The van der Waals surface area contributed by atoms with Crippen LogP contribution < -0.4 is 5.73 Å². The molecule has 0 unspecified atom stereocenters. The first-order valence-corrected chi connectivity index (χ1v) is 8.20. The van der Waals surface area contributed by atoms with Crippen LogP contribution in [0.4, 0.5) is 5.82 Å². The molecule has 0 fully saturated rings. The summed E-state index contributed by atoms with van der Waals surface area (Å²) in [6, 6.07) is 8.12. The Balaban J connectivity index is 2.45. The molecule has 0 aliphatic carbocycles. The second-order valence-electron chi connectivity index (χ2n) is 4.72. The van der Waals surface area contributed by atoms with Crippen LogP contribution in [-0.4, -0.2) is 42.5 Å². The summed E-state index contributed by atoms with van der Waals surface area (Å²) < 4.78 is 26.5. The number of sulfonamides is 1. The zero-order chi connectivity index (χ0) is 15.5. The van der Waals surface area contributed by atoms with Gasteiger partial charge in [0, 0.05) is 18.5 Å². The standard InChI is InChI=1S/C14H19N3O3S/c1-2-7-17(8-9-18)21(19,20)12-4-5-13-11(10-12)3-6-14(15)16-13/h3-6,10,18H,2,7-9H2,1H3,(H2,15,16). The second-order valence-corrected chi connectivity index (χ2v) is 6.66. The summed E-state index contributed by atoms with van der Waals surface area (Å²) >= 11 is 0. The maximum absolute atomic E-state index is 12.6. The van der Waals surface area contributed by atoms with Gasteiger partial charge in [0.25, 0.3) is 0 Å². The highest BCUT2D eigenvalue weighted by Gasteiger charge is 2.23. The lowest BCUT2D eigenvalue weighted by Gasteiger charge is -2.20. The van der Waals surface area contributed by atoms with Crippen molar-refractivity contribution in [1.29, 1.82) is 0 Å². The van der Waals surface area contributed by atoms with Gasteiger partial charge in [-0.1, -0.05) is 6.92 Å². The Morgan fingerprint density at radius 1 is 1.24 bits per heavy atom. The summed E-state index contributed by atoms with van der Waals surface area (Å²) in [5.74, 6) is 0.394. The van der Waals surface area contributed by atoms with E-state index < -0.39 is 10.0 Å². The molecule has 0 saturated heterocycles. The van der Waals surface area contributed by atoms with Crippen molar-refractivity contribution < 1.29 is 13.5 Å². The van der Waals surface area contributed by atoms with Crippen LogP contribution in [0.15, 0.2) is 35.2 Å². The van der Waals surface area contributed by atoms with E-state index in [9.17, 15) is 8.42 Å². The molecule has 7 heteroatoms. The van der Waals surface area contributed by atoms with Crippen LogP contribution in [0.5, 0.6) is 0 Å². The van der Waals surface area contributed by atoms with Gasteiger partial charge in [0.2, 0.25) is 10.0 Å². The monoisotopic (exact) mass is 309 g/mol. The Hall–Kier alpha value is -1.70. The average molecular weight is 309 g/mol. The number of anilines is 1. The smallest absolute Gasteiger partial charge is 0.243 e. The molecular formula is C14H19N3O3S. The van der Waals surface area contributed by atoms with E-state index in [0.717, 1.165) is 0 Å². The number of hydrogen-bond acceptors (Lipinski definition) is 5. The van der Waals surface area contributed by atoms with Crippen LogP contribution >= 0.6 is 0 Å². The molecule has 0 saturated carbocycles. The summed E-state index contributed by atoms with van der Waals surface area (Å²) in [6.45, 7) is 2.16. The minimum Gasteiger partial charge on any atom is -0.395 e. The fourth-order valence-corrected chi connectivity index (χ4v) is 3.70. The van der Waals surface area contributed by atoms with Gasteiger partial charge in [-0.25, -0.2) is 13.4 Å². The van der Waals surface area contributed by atoms with Crippen LogP contribution in [-0.2, 0) is 10.0 Å². The van der Waals surface area contributed by atoms with Crippen LogP contribution in [0.3, 0.4) is 0 Å². The highest BCUT2D eigenvalue weighted by molar-refractivity contribution is 7.89. The third-order valence-electron chi connectivity index (χ3n) is 3.14. The van der Waals surface area contributed by atoms with E-state index in [1.165, 1.54) is 10.4 Å². The summed E-state index contributed by atoms with van der Waals surface area (Å²) in [5, 5.41) is 9.76. The summed E-state index contributed by atoms with van der Waals surface area (Å²) in [7, 11) is -3.61. The van der Waals surface area contributed by atoms with Gasteiger partial charge in [-0.05, 0) is 36.8 Å². The van der Waals surface area contributed by atoms with Crippen LogP contribution in [0.25, 0.3) is 10.9 Å². The summed E-state index contributed by atoms with van der Waals surface area (Å²) in [4.78, 5) is 4.34. The fraction of sp³-hybridized carbons (Fsp3) is 0.357. The summed E-state index contributed by atoms with van der Waals surface area (Å²) in [5.41, 5.74) is 6.26. The number of nitrogens with two attached hydrogens (primary N) is 1. The molecule has 0 radical (unpaired) electrons. The minimum absolute atomic E-state index is 0.0915. The van der Waals surface area contributed by atoms with Crippen molar-refractivity contribution in [2.24, 2.45) is 0 Å². The Kier molecular flexibility index (Phi) is 4.76. The molecule has 1 aromatic heterocycles. The van der Waals surface area contributed by atoms with Crippen molar-refractivity contribution in [2.75, 3.05) is 25.4 Å². The van der Waals surface area contributed by atoms with E-state index in [4.69, 9.17) is 10.8 Å². The molecule has 0 spiro atoms. The average Bonchev–Trinajstić information content (AvgIpc) is 2.46. The highest BCUT2D eigenvalue weighted by Crippen LogP contribution is 2.21. The normalized spacial score (nSPS) is 12.1. The third kappa shape index (κ3) is 3.31. The molecule has 2 rings (SSSR count). The third-order valence-corrected chi connectivity index (χ3v) is 5.04. The second kappa shape index (κ2) is 6.38. The number of pyridine rings is 1. The first kappa shape index (κ1) is 15.7. The van der Waals surface area contributed by atoms with Crippen LogP contribution in [0.2, 0.25) is 0 Å². The fourth-order valence-electron chi connectivity index (χ4n) is 2.14. The molecule has 0 amide bonds. The SMILES string of the molecule is CCCN(CCO)S(=O)(=O)c1ccc2nc(N)ccc2c1. The molecule has 0 aliphatic heterocycles. The Morgan fingerprint density at radius 3 is 2.67 bits per heavy atom. The number of nitrogen functional groups attached to an aromatic ring is 1. The lowest BCUT2D eigenvalue weighted by molar-refractivity contribution is 0.253. The molecule has 0 bridgehead atoms. The van der Waals surface area contributed by atoms with Crippen molar-refractivity contribution in [3.8, 4) is 0 Å². The quantitative estimate of drug-likeness (QED) is 0.836. The van der Waals surface area contributed by atoms with Crippen LogP contribution in [0, 0.1) is 0 Å². The minimum atomic E-state index is -3.61. The molecule has 1 heterocycles. The van der Waals surface area contributed by atoms with Gasteiger partial charge < -0.3 is 10.8 Å². The molecule has 6 nitrogen and oxygen atoms in total. The first-order chi connectivity index (χ1) is 9.98. The van der Waals surface area contributed by atoms with Gasteiger partial charge in [0.05, 0.1) is 17.0 Å². The Labute approximate surface area is 124 Å². The van der Waals surface area contributed by atoms with Gasteiger partial charge in [-0.2, -0.15) is 4.31 Å². The number of hydrogen-bond donors (Lipinski definition) is 2. The van der Waals surface area contributed by atoms with Gasteiger partial charge in [-0.15, -0.1) is 0 Å². The largest absolute Gasteiger partial charge is 0.395 e. The van der Waals surface area contributed by atoms with E-state index in [0.29, 0.717) is 29.7 Å². The summed E-state index contributed by atoms with van der Waals surface area (Å²) in [6.07, 6.45) is 0.685. The number of aromatic nitrogens is 1. The van der Waals surface area contributed by atoms with Crippen molar-refractivity contribution in [3.05, 3.63) is 30.3 Å².